The fraction of sp³-hybridized carbons (Fsp3) is 0.647. The number of rotatable bonds is 2. The number of hydrogen-bond acceptors (Lipinski definition) is 2. The monoisotopic (exact) mass is 258 g/mol. The maximum absolute atomic E-state index is 3.50. The van der Waals surface area contributed by atoms with Crippen LogP contribution in [0.5, 0.6) is 0 Å². The summed E-state index contributed by atoms with van der Waals surface area (Å²) in [6, 6.07) is 7.69. The van der Waals surface area contributed by atoms with Crippen molar-refractivity contribution in [1.82, 2.24) is 0 Å². The number of nitrogens with one attached hydrogen (secondary N) is 1. The Morgan fingerprint density at radius 1 is 1.16 bits per heavy atom. The highest BCUT2D eigenvalue weighted by Crippen LogP contribution is 2.33. The predicted octanol–water partition coefficient (Wildman–Crippen LogP) is 4.06. The largest absolute Gasteiger partial charge is 0.385 e. The highest BCUT2D eigenvalue weighted by molar-refractivity contribution is 5.61. The van der Waals surface area contributed by atoms with E-state index in [4.69, 9.17) is 0 Å². The molecule has 19 heavy (non-hydrogen) atoms. The molecule has 0 bridgehead atoms. The first-order valence-electron chi connectivity index (χ1n) is 7.85. The molecule has 104 valence electrons. The Labute approximate surface area is 117 Å². The topological polar surface area (TPSA) is 15.3 Å². The van der Waals surface area contributed by atoms with Crippen LogP contribution in [0.2, 0.25) is 0 Å². The van der Waals surface area contributed by atoms with Crippen molar-refractivity contribution in [3.05, 3.63) is 23.8 Å². The van der Waals surface area contributed by atoms with Gasteiger partial charge in [-0.25, -0.2) is 0 Å². The Balaban J connectivity index is 1.80. The summed E-state index contributed by atoms with van der Waals surface area (Å²) in [6.07, 6.45) is 8.05. The van der Waals surface area contributed by atoms with E-state index in [9.17, 15) is 0 Å². The number of benzene rings is 1. The molecule has 2 unspecified atom stereocenters. The van der Waals surface area contributed by atoms with Crippen LogP contribution in [-0.4, -0.2) is 19.6 Å². The minimum Gasteiger partial charge on any atom is -0.385 e. The average molecular weight is 258 g/mol. The van der Waals surface area contributed by atoms with Crippen molar-refractivity contribution in [3.8, 4) is 0 Å². The van der Waals surface area contributed by atoms with Gasteiger partial charge in [-0.1, -0.05) is 19.8 Å². The first kappa shape index (κ1) is 12.8. The van der Waals surface area contributed by atoms with Crippen LogP contribution in [0.4, 0.5) is 11.4 Å². The average Bonchev–Trinajstić information content (AvgIpc) is 2.46. The molecule has 2 nitrogen and oxygen atoms in total. The van der Waals surface area contributed by atoms with Crippen LogP contribution in [0.15, 0.2) is 18.2 Å². The Bertz CT molecular complexity index is 441. The molecule has 2 atom stereocenters. The van der Waals surface area contributed by atoms with Gasteiger partial charge in [-0.3, -0.25) is 0 Å². The zero-order valence-corrected chi connectivity index (χ0v) is 12.3. The summed E-state index contributed by atoms with van der Waals surface area (Å²) in [5, 5.41) is 3.50. The first-order chi connectivity index (χ1) is 9.25. The van der Waals surface area contributed by atoms with Gasteiger partial charge in [0.15, 0.2) is 0 Å². The van der Waals surface area contributed by atoms with E-state index in [-0.39, 0.29) is 0 Å². The highest BCUT2D eigenvalue weighted by atomic mass is 15.1. The third kappa shape index (κ3) is 2.58. The zero-order chi connectivity index (χ0) is 13.2. The van der Waals surface area contributed by atoms with Gasteiger partial charge in [0.2, 0.25) is 0 Å². The molecule has 1 aromatic rings. The van der Waals surface area contributed by atoms with Crippen molar-refractivity contribution in [1.29, 1.82) is 0 Å². The summed E-state index contributed by atoms with van der Waals surface area (Å²) < 4.78 is 0. The van der Waals surface area contributed by atoms with Gasteiger partial charge in [0.05, 0.1) is 0 Å². The fourth-order valence-electron chi connectivity index (χ4n) is 3.74. The Hall–Kier alpha value is -1.18. The molecule has 0 amide bonds. The lowest BCUT2D eigenvalue weighted by Crippen LogP contribution is -2.39. The normalized spacial score (nSPS) is 26.4. The standard InChI is InChI=1S/C17H26N2/c1-13-6-3-4-8-17(13)19(2)15-9-10-16-14(12-15)7-5-11-18-16/h9-10,12-13,17-18H,3-8,11H2,1-2H3. The van der Waals surface area contributed by atoms with Crippen molar-refractivity contribution >= 4 is 11.4 Å². The van der Waals surface area contributed by atoms with Gasteiger partial charge in [0.25, 0.3) is 0 Å². The van der Waals surface area contributed by atoms with Gasteiger partial charge in [-0.15, -0.1) is 0 Å². The van der Waals surface area contributed by atoms with E-state index in [1.165, 1.54) is 55.5 Å². The van der Waals surface area contributed by atoms with Gasteiger partial charge in [-0.05, 0) is 55.4 Å². The molecule has 1 N–H and O–H groups in total. The molecule has 0 aromatic heterocycles. The molecular formula is C17H26N2. The van der Waals surface area contributed by atoms with Crippen LogP contribution in [0.25, 0.3) is 0 Å². The molecular weight excluding hydrogens is 232 g/mol. The zero-order valence-electron chi connectivity index (χ0n) is 12.3. The summed E-state index contributed by atoms with van der Waals surface area (Å²) in [6.45, 7) is 3.54. The molecule has 1 aliphatic heterocycles. The predicted molar refractivity (Wildman–Crippen MR) is 83.1 cm³/mol. The van der Waals surface area contributed by atoms with E-state index in [1.807, 2.05) is 0 Å². The van der Waals surface area contributed by atoms with Gasteiger partial charge in [0, 0.05) is 31.0 Å². The van der Waals surface area contributed by atoms with Crippen LogP contribution in [0.3, 0.4) is 0 Å². The van der Waals surface area contributed by atoms with Gasteiger partial charge < -0.3 is 10.2 Å². The molecule has 1 heterocycles. The third-order valence-corrected chi connectivity index (χ3v) is 5.00. The van der Waals surface area contributed by atoms with Crippen molar-refractivity contribution in [2.45, 2.75) is 51.5 Å². The first-order valence-corrected chi connectivity index (χ1v) is 7.85. The lowest BCUT2D eigenvalue weighted by molar-refractivity contribution is 0.321. The van der Waals surface area contributed by atoms with Crippen LogP contribution in [0.1, 0.15) is 44.6 Å². The van der Waals surface area contributed by atoms with Gasteiger partial charge in [-0.2, -0.15) is 0 Å². The number of nitrogens with zero attached hydrogens (tertiary/aromatic N) is 1. The number of fused-ring (bicyclic) bond motifs is 1. The van der Waals surface area contributed by atoms with Crippen LogP contribution in [-0.2, 0) is 6.42 Å². The molecule has 0 saturated heterocycles. The minimum absolute atomic E-state index is 0.725. The SMILES string of the molecule is CC1CCCCC1N(C)c1ccc2c(c1)CCCN2. The molecule has 1 saturated carbocycles. The van der Waals surface area contributed by atoms with E-state index in [0.717, 1.165) is 18.5 Å². The van der Waals surface area contributed by atoms with E-state index < -0.39 is 0 Å². The lowest BCUT2D eigenvalue weighted by atomic mass is 9.85. The summed E-state index contributed by atoms with van der Waals surface area (Å²) in [5.74, 6) is 0.827. The summed E-state index contributed by atoms with van der Waals surface area (Å²) in [5.41, 5.74) is 4.25. The molecule has 1 aliphatic carbocycles. The maximum atomic E-state index is 3.50. The summed E-state index contributed by atoms with van der Waals surface area (Å²) in [4.78, 5) is 2.53. The van der Waals surface area contributed by atoms with E-state index in [0.29, 0.717) is 0 Å². The van der Waals surface area contributed by atoms with E-state index in [1.54, 1.807) is 0 Å². The van der Waals surface area contributed by atoms with Gasteiger partial charge >= 0.3 is 0 Å². The maximum Gasteiger partial charge on any atom is 0.0374 e. The van der Waals surface area contributed by atoms with Crippen molar-refractivity contribution in [2.24, 2.45) is 5.92 Å². The molecule has 2 heteroatoms. The molecule has 1 fully saturated rings. The van der Waals surface area contributed by atoms with E-state index in [2.05, 4.69) is 42.4 Å². The summed E-state index contributed by atoms with van der Waals surface area (Å²) in [7, 11) is 2.28. The molecule has 0 radical (unpaired) electrons. The fourth-order valence-corrected chi connectivity index (χ4v) is 3.74. The second kappa shape index (κ2) is 5.44. The number of aryl methyl sites for hydroxylation is 1. The Kier molecular flexibility index (Phi) is 3.67. The highest BCUT2D eigenvalue weighted by Gasteiger charge is 2.25. The lowest BCUT2D eigenvalue weighted by Gasteiger charge is -2.38. The molecule has 1 aromatic carbocycles. The second-order valence-corrected chi connectivity index (χ2v) is 6.31. The Morgan fingerprint density at radius 3 is 2.84 bits per heavy atom. The number of hydrogen-bond donors (Lipinski definition) is 1. The van der Waals surface area contributed by atoms with E-state index >= 15 is 0 Å². The van der Waals surface area contributed by atoms with Crippen molar-refractivity contribution in [3.63, 3.8) is 0 Å². The second-order valence-electron chi connectivity index (χ2n) is 6.31. The third-order valence-electron chi connectivity index (χ3n) is 5.00. The van der Waals surface area contributed by atoms with Crippen LogP contribution in [0, 0.1) is 5.92 Å². The smallest absolute Gasteiger partial charge is 0.0374 e. The van der Waals surface area contributed by atoms with Crippen molar-refractivity contribution < 1.29 is 0 Å². The number of anilines is 2. The Morgan fingerprint density at radius 2 is 2.00 bits per heavy atom. The summed E-state index contributed by atoms with van der Waals surface area (Å²) >= 11 is 0. The van der Waals surface area contributed by atoms with Crippen molar-refractivity contribution in [2.75, 3.05) is 23.8 Å². The quantitative estimate of drug-likeness (QED) is 0.860. The molecule has 3 rings (SSSR count). The minimum atomic E-state index is 0.725. The molecule has 0 spiro atoms. The van der Waals surface area contributed by atoms with Gasteiger partial charge in [0.1, 0.15) is 0 Å². The molecule has 2 aliphatic rings. The van der Waals surface area contributed by atoms with Crippen LogP contribution < -0.4 is 10.2 Å². The van der Waals surface area contributed by atoms with Crippen LogP contribution >= 0.6 is 0 Å².